The normalized spacial score (nSPS) is 42.2. The topological polar surface area (TPSA) is 61.1 Å². The van der Waals surface area contributed by atoms with Crippen LogP contribution >= 0.6 is 0 Å². The minimum Gasteiger partial charge on any atom is -0.519 e. The molecule has 4 saturated carbocycles. The van der Waals surface area contributed by atoms with E-state index in [9.17, 15) is 5.11 Å². The Kier molecular flexibility index (Phi) is 7.82. The van der Waals surface area contributed by atoms with Crippen molar-refractivity contribution in [3.8, 4) is 5.95 Å². The van der Waals surface area contributed by atoms with E-state index in [1.54, 1.807) is 0 Å². The lowest BCUT2D eigenvalue weighted by Gasteiger charge is -2.66. The number of rotatable bonds is 7. The third-order valence-electron chi connectivity index (χ3n) is 11.3. The predicted molar refractivity (Wildman–Crippen MR) is 170 cm³/mol. The van der Waals surface area contributed by atoms with Crippen molar-refractivity contribution in [3.05, 3.63) is 17.9 Å². The zero-order valence-corrected chi connectivity index (χ0v) is 30.4. The molecule has 5 rings (SSSR count). The highest BCUT2D eigenvalue weighted by atomic mass is 28.4. The largest absolute Gasteiger partial charge is 0.519 e. The van der Waals surface area contributed by atoms with Gasteiger partial charge in [0.15, 0.2) is 16.6 Å². The average Bonchev–Trinajstić information content (AvgIpc) is 3.33. The molecule has 4 fully saturated rings. The van der Waals surface area contributed by atoms with Crippen LogP contribution in [-0.4, -0.2) is 47.9 Å². The van der Waals surface area contributed by atoms with Crippen LogP contribution in [0.15, 0.2) is 16.7 Å². The fourth-order valence-corrected chi connectivity index (χ4v) is 12.9. The number of hydrogen-bond acceptors (Lipinski definition) is 5. The Hall–Kier alpha value is -0.389. The van der Waals surface area contributed by atoms with Gasteiger partial charge in [0.1, 0.15) is 0 Å². The highest BCUT2D eigenvalue weighted by molar-refractivity contribution is 6.70. The van der Waals surface area contributed by atoms with Crippen molar-refractivity contribution in [2.24, 2.45) is 28.6 Å². The van der Waals surface area contributed by atoms with Gasteiger partial charge < -0.3 is 22.8 Å². The van der Waals surface area contributed by atoms with E-state index in [4.69, 9.17) is 17.7 Å². The van der Waals surface area contributed by atoms with E-state index in [-0.39, 0.29) is 22.9 Å². The monoisotopic (exact) mass is 606 g/mol. The number of aliphatic hydroxyl groups is 1. The van der Waals surface area contributed by atoms with Gasteiger partial charge in [0, 0.05) is 17.6 Å². The van der Waals surface area contributed by atoms with Crippen LogP contribution in [0.1, 0.15) is 76.7 Å². The number of hydrogen-bond donors (Lipinski definition) is 1. The first-order valence-electron chi connectivity index (χ1n) is 16.1. The molecule has 4 aliphatic carbocycles. The zero-order valence-electron chi connectivity index (χ0n) is 27.4. The van der Waals surface area contributed by atoms with Crippen molar-refractivity contribution >= 4 is 25.0 Å². The van der Waals surface area contributed by atoms with E-state index in [0.717, 1.165) is 32.1 Å². The van der Waals surface area contributed by atoms with Crippen LogP contribution in [0.25, 0.3) is 0 Å². The maximum Gasteiger partial charge on any atom is 0.270 e. The summed E-state index contributed by atoms with van der Waals surface area (Å²) in [6.45, 7) is 25.4. The molecule has 0 radical (unpaired) electrons. The molecule has 1 aromatic heterocycles. The molecule has 0 saturated heterocycles. The van der Waals surface area contributed by atoms with Gasteiger partial charge >= 0.3 is 0 Å². The summed E-state index contributed by atoms with van der Waals surface area (Å²) in [5.41, 5.74) is 0.336. The molecule has 8 heteroatoms. The molecular formula is C32H58O5Si3. The second-order valence-corrected chi connectivity index (χ2v) is 30.6. The molecule has 40 heavy (non-hydrogen) atoms. The fraction of sp³-hybridized carbons (Fsp3) is 0.875. The van der Waals surface area contributed by atoms with Crippen molar-refractivity contribution in [1.29, 1.82) is 0 Å². The van der Waals surface area contributed by atoms with Crippen LogP contribution in [0.5, 0.6) is 5.95 Å². The minimum atomic E-state index is -1.87. The quantitative estimate of drug-likeness (QED) is 0.314. The van der Waals surface area contributed by atoms with Crippen molar-refractivity contribution in [3.63, 3.8) is 0 Å². The van der Waals surface area contributed by atoms with Crippen LogP contribution in [0.3, 0.4) is 0 Å². The Morgan fingerprint density at radius 2 is 1.48 bits per heavy atom. The Morgan fingerprint density at radius 3 is 2.10 bits per heavy atom. The molecule has 9 atom stereocenters. The molecule has 0 aromatic carbocycles. The second-order valence-electron chi connectivity index (χ2n) is 17.3. The molecule has 0 spiro atoms. The summed E-state index contributed by atoms with van der Waals surface area (Å²) in [6.07, 6.45) is 11.1. The van der Waals surface area contributed by atoms with E-state index in [1.807, 2.05) is 6.26 Å². The highest BCUT2D eigenvalue weighted by Gasteiger charge is 2.71. The van der Waals surface area contributed by atoms with E-state index in [2.05, 4.69) is 78.8 Å². The van der Waals surface area contributed by atoms with Gasteiger partial charge in [-0.25, -0.2) is 0 Å². The maximum atomic E-state index is 13.0. The van der Waals surface area contributed by atoms with Gasteiger partial charge in [0.25, 0.3) is 5.95 Å². The van der Waals surface area contributed by atoms with Gasteiger partial charge in [0.2, 0.25) is 8.32 Å². The van der Waals surface area contributed by atoms with Crippen LogP contribution < -0.4 is 4.43 Å². The zero-order chi connectivity index (χ0) is 29.5. The van der Waals surface area contributed by atoms with Gasteiger partial charge in [0.05, 0.1) is 18.0 Å². The van der Waals surface area contributed by atoms with Crippen molar-refractivity contribution in [1.82, 2.24) is 0 Å². The van der Waals surface area contributed by atoms with Gasteiger partial charge in [-0.3, -0.25) is 0 Å². The van der Waals surface area contributed by atoms with E-state index >= 15 is 0 Å². The average molecular weight is 607 g/mol. The highest BCUT2D eigenvalue weighted by Crippen LogP contribution is 2.71. The smallest absolute Gasteiger partial charge is 0.270 e. The van der Waals surface area contributed by atoms with E-state index < -0.39 is 30.6 Å². The molecule has 5 nitrogen and oxygen atoms in total. The molecule has 228 valence electrons. The summed E-state index contributed by atoms with van der Waals surface area (Å²) in [4.78, 5) is 0. The summed E-state index contributed by atoms with van der Waals surface area (Å²) in [5, 5.41) is 13.0. The van der Waals surface area contributed by atoms with E-state index in [0.29, 0.717) is 29.8 Å². The van der Waals surface area contributed by atoms with Crippen LogP contribution in [0.4, 0.5) is 0 Å². The molecule has 1 N–H and O–H groups in total. The van der Waals surface area contributed by atoms with Crippen LogP contribution in [-0.2, 0) is 8.85 Å². The molecule has 1 heterocycles. The van der Waals surface area contributed by atoms with Crippen molar-refractivity contribution in [2.75, 3.05) is 0 Å². The first-order valence-corrected chi connectivity index (χ1v) is 26.3. The summed E-state index contributed by atoms with van der Waals surface area (Å²) < 4.78 is 26.0. The van der Waals surface area contributed by atoms with Gasteiger partial charge in [-0.05, 0) is 145 Å². The molecule has 4 aliphatic rings. The first-order chi connectivity index (χ1) is 18.3. The van der Waals surface area contributed by atoms with Gasteiger partial charge in [-0.2, -0.15) is 0 Å². The standard InChI is InChI=1S/C32H58O5Si3/c1-30-16-14-24(35-38(3,4)5)19-23(30)12-13-26-27(30)20-28(36-39(6,7)8)31(2)25(15-17-32(26,31)33)22-18-29(34-21-22)37-40(9,10)11/h18,21,23-28,33H,12-17,19-20H2,1-11H3/t23-,24+,25-,26-,27+,28-,30+,31+,32+/m1/s1. The maximum absolute atomic E-state index is 13.0. The fourth-order valence-electron chi connectivity index (χ4n) is 9.75. The summed E-state index contributed by atoms with van der Waals surface area (Å²) in [6, 6.07) is 2.12. The molecule has 0 aliphatic heterocycles. The van der Waals surface area contributed by atoms with Crippen LogP contribution in [0.2, 0.25) is 58.9 Å². The summed E-state index contributed by atoms with van der Waals surface area (Å²) >= 11 is 0. The Morgan fingerprint density at radius 1 is 0.800 bits per heavy atom. The predicted octanol–water partition coefficient (Wildman–Crippen LogP) is 8.78. The first kappa shape index (κ1) is 31.0. The molecular weight excluding hydrogens is 549 g/mol. The summed E-state index contributed by atoms with van der Waals surface area (Å²) in [5.74, 6) is 2.33. The lowest BCUT2D eigenvalue weighted by atomic mass is 9.42. The van der Waals surface area contributed by atoms with Gasteiger partial charge in [-0.1, -0.05) is 13.8 Å². The lowest BCUT2D eigenvalue weighted by molar-refractivity contribution is -0.237. The number of fused-ring (bicyclic) bond motifs is 5. The molecule has 0 bridgehead atoms. The second kappa shape index (κ2) is 10.1. The Balaban J connectivity index is 1.48. The molecule has 0 amide bonds. The Labute approximate surface area is 247 Å². The van der Waals surface area contributed by atoms with Crippen molar-refractivity contribution in [2.45, 2.75) is 148 Å². The van der Waals surface area contributed by atoms with E-state index in [1.165, 1.54) is 24.8 Å². The Bertz CT molecular complexity index is 1070. The van der Waals surface area contributed by atoms with Crippen molar-refractivity contribution < 1.29 is 22.8 Å². The SMILES string of the molecule is C[C@]12CC[C@H](O[Si](C)(C)C)C[C@H]1CC[C@@H]1[C@@H]2C[C@@H](O[Si](C)(C)C)[C@]2(C)[C@@H](c3coc(O[Si](C)(C)C)c3)CC[C@]12O. The molecule has 1 aromatic rings. The minimum absolute atomic E-state index is 0.0423. The lowest BCUT2D eigenvalue weighted by Crippen LogP contribution is -2.67. The third-order valence-corrected chi connectivity index (χ3v) is 14.1. The molecule has 0 unspecified atom stereocenters. The number of furan rings is 1. The summed E-state index contributed by atoms with van der Waals surface area (Å²) in [7, 11) is -5.21. The third kappa shape index (κ3) is 5.51. The van der Waals surface area contributed by atoms with Gasteiger partial charge in [-0.15, -0.1) is 0 Å². The van der Waals surface area contributed by atoms with Crippen LogP contribution in [0, 0.1) is 28.6 Å².